The molecule has 0 aliphatic heterocycles. The number of hydrogen-bond acceptors (Lipinski definition) is 2. The Morgan fingerprint density at radius 2 is 2.00 bits per heavy atom. The van der Waals surface area contributed by atoms with E-state index in [0.717, 1.165) is 22.3 Å². The van der Waals surface area contributed by atoms with Crippen molar-refractivity contribution in [3.63, 3.8) is 0 Å². The topological polar surface area (TPSA) is 12.0 Å². The van der Waals surface area contributed by atoms with Gasteiger partial charge in [0.15, 0.2) is 0 Å². The Morgan fingerprint density at radius 3 is 2.52 bits per heavy atom. The third-order valence-corrected chi connectivity index (χ3v) is 5.71. The molecule has 0 saturated carbocycles. The van der Waals surface area contributed by atoms with Crippen LogP contribution in [0.15, 0.2) is 28.7 Å². The van der Waals surface area contributed by atoms with Crippen molar-refractivity contribution in [1.82, 2.24) is 5.32 Å². The summed E-state index contributed by atoms with van der Waals surface area (Å²) < 4.78 is 29.1. The zero-order valence-corrected chi connectivity index (χ0v) is 14.6. The first kappa shape index (κ1) is 16.9. The Bertz CT molecular complexity index is 578. The van der Waals surface area contributed by atoms with Crippen molar-refractivity contribution in [3.8, 4) is 0 Å². The van der Waals surface area contributed by atoms with E-state index in [1.807, 2.05) is 13.0 Å². The molecule has 1 aromatic heterocycles. The Morgan fingerprint density at radius 1 is 1.33 bits per heavy atom. The fraction of sp³-hybridized carbons (Fsp3) is 0.333. The summed E-state index contributed by atoms with van der Waals surface area (Å²) in [4.78, 5) is 0.961. The Labute approximate surface area is 140 Å². The second-order valence-electron chi connectivity index (χ2n) is 4.68. The fourth-order valence-corrected chi connectivity index (χ4v) is 3.87. The summed E-state index contributed by atoms with van der Waals surface area (Å²) in [6.07, 6.45) is 1.19. The second-order valence-corrected chi connectivity index (χ2v) is 7.22. The molecule has 1 aromatic carbocycles. The number of thiophene rings is 1. The van der Waals surface area contributed by atoms with E-state index in [4.69, 9.17) is 11.6 Å². The molecule has 0 aliphatic rings. The quantitative estimate of drug-likeness (QED) is 0.660. The van der Waals surface area contributed by atoms with Crippen molar-refractivity contribution in [2.45, 2.75) is 25.8 Å². The number of benzene rings is 1. The summed E-state index contributed by atoms with van der Waals surface area (Å²) in [5.41, 5.74) is 0.103. The van der Waals surface area contributed by atoms with Gasteiger partial charge in [-0.15, -0.1) is 11.3 Å². The number of halogens is 4. The molecular weight excluding hydrogens is 380 g/mol. The molecular formula is C15H15BrClF2NS. The number of hydrogen-bond donors (Lipinski definition) is 1. The van der Waals surface area contributed by atoms with Gasteiger partial charge in [-0.2, -0.15) is 0 Å². The van der Waals surface area contributed by atoms with Crippen LogP contribution in [0.25, 0.3) is 0 Å². The van der Waals surface area contributed by atoms with Gasteiger partial charge in [-0.25, -0.2) is 8.78 Å². The highest BCUT2D eigenvalue weighted by atomic mass is 79.9. The van der Waals surface area contributed by atoms with E-state index in [9.17, 15) is 8.78 Å². The van der Waals surface area contributed by atoms with Crippen LogP contribution in [0.4, 0.5) is 8.78 Å². The molecule has 0 saturated heterocycles. The highest BCUT2D eigenvalue weighted by molar-refractivity contribution is 9.10. The minimum Gasteiger partial charge on any atom is -0.309 e. The lowest BCUT2D eigenvalue weighted by Crippen LogP contribution is -2.24. The van der Waals surface area contributed by atoms with E-state index < -0.39 is 11.6 Å². The zero-order chi connectivity index (χ0) is 15.4. The van der Waals surface area contributed by atoms with Gasteiger partial charge in [0.05, 0.1) is 0 Å². The summed E-state index contributed by atoms with van der Waals surface area (Å²) in [5, 5.41) is 3.33. The van der Waals surface area contributed by atoms with E-state index in [-0.39, 0.29) is 18.0 Å². The molecule has 0 radical (unpaired) electrons. The highest BCUT2D eigenvalue weighted by Gasteiger charge is 2.19. The predicted molar refractivity (Wildman–Crippen MR) is 88.1 cm³/mol. The van der Waals surface area contributed by atoms with E-state index in [2.05, 4.69) is 21.2 Å². The molecule has 21 heavy (non-hydrogen) atoms. The minimum atomic E-state index is -0.514. The highest BCUT2D eigenvalue weighted by Crippen LogP contribution is 2.36. The fourth-order valence-electron chi connectivity index (χ4n) is 2.06. The third kappa shape index (κ3) is 4.25. The van der Waals surface area contributed by atoms with Gasteiger partial charge in [-0.05, 0) is 53.5 Å². The summed E-state index contributed by atoms with van der Waals surface area (Å²) in [6, 6.07) is 5.68. The molecule has 0 fully saturated rings. The zero-order valence-electron chi connectivity index (χ0n) is 11.4. The van der Waals surface area contributed by atoms with E-state index in [1.54, 1.807) is 0 Å². The molecule has 6 heteroatoms. The molecule has 2 aromatic rings. The summed E-state index contributed by atoms with van der Waals surface area (Å²) in [6.45, 7) is 2.82. The SMILES string of the molecule is CCCNC(Cc1c(F)cccc1F)c1cc(Br)c(Cl)s1. The lowest BCUT2D eigenvalue weighted by atomic mass is 10.0. The van der Waals surface area contributed by atoms with Gasteiger partial charge < -0.3 is 5.32 Å². The molecule has 1 heterocycles. The maximum absolute atomic E-state index is 13.8. The van der Waals surface area contributed by atoms with Crippen LogP contribution in [0.5, 0.6) is 0 Å². The van der Waals surface area contributed by atoms with Crippen LogP contribution in [-0.2, 0) is 6.42 Å². The molecule has 1 atom stereocenters. The van der Waals surface area contributed by atoms with E-state index >= 15 is 0 Å². The molecule has 1 nitrogen and oxygen atoms in total. The van der Waals surface area contributed by atoms with Gasteiger partial charge in [-0.3, -0.25) is 0 Å². The van der Waals surface area contributed by atoms with Crippen LogP contribution in [0.1, 0.15) is 29.8 Å². The smallest absolute Gasteiger partial charge is 0.129 e. The van der Waals surface area contributed by atoms with Crippen LogP contribution in [0.3, 0.4) is 0 Å². The maximum Gasteiger partial charge on any atom is 0.129 e. The van der Waals surface area contributed by atoms with Crippen molar-refractivity contribution in [1.29, 1.82) is 0 Å². The van der Waals surface area contributed by atoms with Crippen LogP contribution in [0.2, 0.25) is 4.34 Å². The summed E-state index contributed by atoms with van der Waals surface area (Å²) >= 11 is 10.9. The molecule has 2 rings (SSSR count). The van der Waals surface area contributed by atoms with Crippen molar-refractivity contribution in [2.24, 2.45) is 0 Å². The molecule has 0 aliphatic carbocycles. The summed E-state index contributed by atoms with van der Waals surface area (Å²) in [5.74, 6) is -1.03. The maximum atomic E-state index is 13.8. The Kier molecular flexibility index (Phi) is 6.17. The molecule has 1 unspecified atom stereocenters. The monoisotopic (exact) mass is 393 g/mol. The van der Waals surface area contributed by atoms with Gasteiger partial charge in [-0.1, -0.05) is 24.6 Å². The predicted octanol–water partition coefficient (Wildman–Crippen LogP) is 5.73. The van der Waals surface area contributed by atoms with Gasteiger partial charge in [0.1, 0.15) is 16.0 Å². The molecule has 0 bridgehead atoms. The van der Waals surface area contributed by atoms with Crippen molar-refractivity contribution >= 4 is 38.9 Å². The second kappa shape index (κ2) is 7.68. The van der Waals surface area contributed by atoms with Gasteiger partial charge in [0.25, 0.3) is 0 Å². The molecule has 0 spiro atoms. The lowest BCUT2D eigenvalue weighted by molar-refractivity contribution is 0.494. The van der Waals surface area contributed by atoms with Crippen LogP contribution < -0.4 is 5.32 Å². The standard InChI is InChI=1S/C15H15BrClF2NS/c1-2-6-20-13(14-8-10(16)15(17)21-14)7-9-11(18)4-3-5-12(9)19/h3-5,8,13,20H,2,6-7H2,1H3. The molecule has 114 valence electrons. The number of nitrogens with one attached hydrogen (secondary N) is 1. The van der Waals surface area contributed by atoms with Crippen molar-refractivity contribution in [3.05, 3.63) is 55.1 Å². The van der Waals surface area contributed by atoms with Crippen molar-refractivity contribution in [2.75, 3.05) is 6.54 Å². The first-order valence-corrected chi connectivity index (χ1v) is 8.62. The van der Waals surface area contributed by atoms with Gasteiger partial charge in [0.2, 0.25) is 0 Å². The normalized spacial score (nSPS) is 12.6. The third-order valence-electron chi connectivity index (χ3n) is 3.12. The Balaban J connectivity index is 2.28. The number of rotatable bonds is 6. The first-order chi connectivity index (χ1) is 10.0. The largest absolute Gasteiger partial charge is 0.309 e. The first-order valence-electron chi connectivity index (χ1n) is 6.64. The van der Waals surface area contributed by atoms with E-state index in [0.29, 0.717) is 4.34 Å². The Hall–Kier alpha value is -0.490. The average Bonchev–Trinajstić information content (AvgIpc) is 2.77. The minimum absolute atomic E-state index is 0.103. The van der Waals surface area contributed by atoms with Crippen molar-refractivity contribution < 1.29 is 8.78 Å². The molecule has 1 N–H and O–H groups in total. The van der Waals surface area contributed by atoms with Gasteiger partial charge >= 0.3 is 0 Å². The summed E-state index contributed by atoms with van der Waals surface area (Å²) in [7, 11) is 0. The van der Waals surface area contributed by atoms with E-state index in [1.165, 1.54) is 29.5 Å². The average molecular weight is 395 g/mol. The van der Waals surface area contributed by atoms with Crippen LogP contribution in [0, 0.1) is 11.6 Å². The van der Waals surface area contributed by atoms with Crippen LogP contribution >= 0.6 is 38.9 Å². The molecule has 0 amide bonds. The van der Waals surface area contributed by atoms with Gasteiger partial charge in [0, 0.05) is 21.0 Å². The lowest BCUT2D eigenvalue weighted by Gasteiger charge is -2.18. The van der Waals surface area contributed by atoms with Crippen LogP contribution in [-0.4, -0.2) is 6.54 Å².